The van der Waals surface area contributed by atoms with E-state index < -0.39 is 10.0 Å². The van der Waals surface area contributed by atoms with Gasteiger partial charge in [-0.25, -0.2) is 8.42 Å². The number of aromatic amines is 1. The molecule has 0 spiro atoms. The standard InChI is InChI=1S/C13H16N4O2S/c1-9-13(8-15-16-9)20(18,19)17-11-5-4-10-3-2-6-14-12(10)7-11/h4-5,7-8,14,17H,2-3,6H2,1H3,(H,15,16). The van der Waals surface area contributed by atoms with E-state index in [9.17, 15) is 8.42 Å². The van der Waals surface area contributed by atoms with Crippen LogP contribution in [0.3, 0.4) is 0 Å². The second-order valence-electron chi connectivity index (χ2n) is 4.87. The van der Waals surface area contributed by atoms with Crippen molar-refractivity contribution in [1.82, 2.24) is 10.2 Å². The number of sulfonamides is 1. The van der Waals surface area contributed by atoms with Gasteiger partial charge in [-0.3, -0.25) is 9.82 Å². The molecule has 2 heterocycles. The molecule has 0 radical (unpaired) electrons. The molecule has 1 aromatic carbocycles. The van der Waals surface area contributed by atoms with Crippen LogP contribution in [0.1, 0.15) is 17.7 Å². The smallest absolute Gasteiger partial charge is 0.265 e. The molecule has 1 aliphatic heterocycles. The molecule has 1 aliphatic rings. The third-order valence-corrected chi connectivity index (χ3v) is 4.87. The Bertz CT molecular complexity index is 737. The number of hydrogen-bond acceptors (Lipinski definition) is 4. The fraction of sp³-hybridized carbons (Fsp3) is 0.308. The van der Waals surface area contributed by atoms with Gasteiger partial charge in [0.1, 0.15) is 4.90 Å². The molecule has 2 aromatic rings. The van der Waals surface area contributed by atoms with Crippen LogP contribution in [-0.2, 0) is 16.4 Å². The highest BCUT2D eigenvalue weighted by Crippen LogP contribution is 2.27. The van der Waals surface area contributed by atoms with E-state index in [1.54, 1.807) is 13.0 Å². The number of anilines is 2. The zero-order valence-corrected chi connectivity index (χ0v) is 11.9. The average molecular weight is 292 g/mol. The zero-order valence-electron chi connectivity index (χ0n) is 11.1. The maximum absolute atomic E-state index is 12.3. The van der Waals surface area contributed by atoms with E-state index >= 15 is 0 Å². The second-order valence-corrected chi connectivity index (χ2v) is 6.52. The first-order valence-electron chi connectivity index (χ1n) is 6.46. The van der Waals surface area contributed by atoms with Gasteiger partial charge in [0.2, 0.25) is 0 Å². The maximum atomic E-state index is 12.3. The summed E-state index contributed by atoms with van der Waals surface area (Å²) in [6.45, 7) is 2.60. The van der Waals surface area contributed by atoms with Gasteiger partial charge < -0.3 is 5.32 Å². The van der Waals surface area contributed by atoms with Crippen molar-refractivity contribution in [3.8, 4) is 0 Å². The normalized spacial score (nSPS) is 14.4. The Morgan fingerprint density at radius 2 is 2.20 bits per heavy atom. The summed E-state index contributed by atoms with van der Waals surface area (Å²) in [6, 6.07) is 5.59. The molecule has 6 nitrogen and oxygen atoms in total. The molecular formula is C13H16N4O2S. The van der Waals surface area contributed by atoms with Crippen molar-refractivity contribution in [3.05, 3.63) is 35.7 Å². The third kappa shape index (κ3) is 2.36. The number of aryl methyl sites for hydroxylation is 2. The molecule has 0 saturated carbocycles. The quantitative estimate of drug-likeness (QED) is 0.806. The molecule has 20 heavy (non-hydrogen) atoms. The molecule has 0 amide bonds. The molecule has 0 aliphatic carbocycles. The summed E-state index contributed by atoms with van der Waals surface area (Å²) in [6.07, 6.45) is 3.44. The lowest BCUT2D eigenvalue weighted by Crippen LogP contribution is -2.15. The number of benzene rings is 1. The fourth-order valence-electron chi connectivity index (χ4n) is 2.35. The summed E-state index contributed by atoms with van der Waals surface area (Å²) in [5, 5.41) is 9.65. The van der Waals surface area contributed by atoms with E-state index in [0.717, 1.165) is 25.1 Å². The Morgan fingerprint density at radius 3 is 2.95 bits per heavy atom. The first-order valence-corrected chi connectivity index (χ1v) is 7.94. The Morgan fingerprint density at radius 1 is 1.35 bits per heavy atom. The number of nitrogens with zero attached hydrogens (tertiary/aromatic N) is 1. The third-order valence-electron chi connectivity index (χ3n) is 3.37. The molecule has 0 saturated heterocycles. The van der Waals surface area contributed by atoms with Crippen molar-refractivity contribution in [1.29, 1.82) is 0 Å². The maximum Gasteiger partial charge on any atom is 0.265 e. The van der Waals surface area contributed by atoms with Crippen LogP contribution in [0.4, 0.5) is 11.4 Å². The van der Waals surface area contributed by atoms with Crippen LogP contribution in [0.5, 0.6) is 0 Å². The minimum atomic E-state index is -3.60. The summed E-state index contributed by atoms with van der Waals surface area (Å²) in [7, 11) is -3.60. The molecule has 0 unspecified atom stereocenters. The largest absolute Gasteiger partial charge is 0.385 e. The molecular weight excluding hydrogens is 276 g/mol. The van der Waals surface area contributed by atoms with Crippen molar-refractivity contribution in [2.45, 2.75) is 24.7 Å². The van der Waals surface area contributed by atoms with Crippen LogP contribution in [-0.4, -0.2) is 25.2 Å². The number of H-pyrrole nitrogens is 1. The highest BCUT2D eigenvalue weighted by molar-refractivity contribution is 7.92. The number of hydrogen-bond donors (Lipinski definition) is 3. The highest BCUT2D eigenvalue weighted by atomic mass is 32.2. The van der Waals surface area contributed by atoms with Crippen LogP contribution in [0, 0.1) is 6.92 Å². The van der Waals surface area contributed by atoms with Crippen LogP contribution in [0.15, 0.2) is 29.3 Å². The molecule has 0 atom stereocenters. The van der Waals surface area contributed by atoms with E-state index in [0.29, 0.717) is 11.4 Å². The molecule has 1 aromatic heterocycles. The molecule has 106 valence electrons. The van der Waals surface area contributed by atoms with E-state index in [4.69, 9.17) is 0 Å². The van der Waals surface area contributed by atoms with Crippen molar-refractivity contribution in [2.75, 3.05) is 16.6 Å². The summed E-state index contributed by atoms with van der Waals surface area (Å²) in [5.41, 5.74) is 3.30. The van der Waals surface area contributed by atoms with Crippen molar-refractivity contribution in [3.63, 3.8) is 0 Å². The van der Waals surface area contributed by atoms with Crippen LogP contribution in [0.2, 0.25) is 0 Å². The molecule has 3 rings (SSSR count). The Kier molecular flexibility index (Phi) is 3.13. The van der Waals surface area contributed by atoms with Gasteiger partial charge in [-0.2, -0.15) is 5.10 Å². The van der Waals surface area contributed by atoms with Crippen molar-refractivity contribution in [2.24, 2.45) is 0 Å². The monoisotopic (exact) mass is 292 g/mol. The Labute approximate surface area is 117 Å². The van der Waals surface area contributed by atoms with Crippen molar-refractivity contribution >= 4 is 21.4 Å². The topological polar surface area (TPSA) is 86.9 Å². The predicted molar refractivity (Wildman–Crippen MR) is 77.4 cm³/mol. The predicted octanol–water partition coefficient (Wildman–Crippen LogP) is 1.88. The number of nitrogens with one attached hydrogen (secondary N) is 3. The first-order chi connectivity index (χ1) is 9.56. The fourth-order valence-corrected chi connectivity index (χ4v) is 3.53. The van der Waals surface area contributed by atoms with E-state index in [-0.39, 0.29) is 4.90 Å². The molecule has 7 heteroatoms. The van der Waals surface area contributed by atoms with Crippen molar-refractivity contribution < 1.29 is 8.42 Å². The summed E-state index contributed by atoms with van der Waals surface area (Å²) in [5.74, 6) is 0. The SMILES string of the molecule is Cc1[nH]ncc1S(=O)(=O)Nc1ccc2c(c1)NCCC2. The van der Waals surface area contributed by atoms with E-state index in [1.807, 2.05) is 12.1 Å². The summed E-state index contributed by atoms with van der Waals surface area (Å²) >= 11 is 0. The minimum absolute atomic E-state index is 0.170. The van der Waals surface area contributed by atoms with E-state index in [2.05, 4.69) is 20.2 Å². The van der Waals surface area contributed by atoms with Gasteiger partial charge in [0, 0.05) is 12.2 Å². The molecule has 0 bridgehead atoms. The van der Waals surface area contributed by atoms with Crippen LogP contribution >= 0.6 is 0 Å². The summed E-state index contributed by atoms with van der Waals surface area (Å²) in [4.78, 5) is 0.170. The van der Waals surface area contributed by atoms with Gasteiger partial charge in [-0.15, -0.1) is 0 Å². The number of fused-ring (bicyclic) bond motifs is 1. The van der Waals surface area contributed by atoms with Gasteiger partial charge >= 0.3 is 0 Å². The zero-order chi connectivity index (χ0) is 14.2. The van der Waals surface area contributed by atoms with Crippen LogP contribution in [0.25, 0.3) is 0 Å². The van der Waals surface area contributed by atoms with E-state index in [1.165, 1.54) is 11.8 Å². The lowest BCUT2D eigenvalue weighted by atomic mass is 10.0. The second kappa shape index (κ2) is 4.82. The highest BCUT2D eigenvalue weighted by Gasteiger charge is 2.19. The lowest BCUT2D eigenvalue weighted by molar-refractivity contribution is 0.600. The average Bonchev–Trinajstić information content (AvgIpc) is 2.85. The van der Waals surface area contributed by atoms with Crippen LogP contribution < -0.4 is 10.0 Å². The van der Waals surface area contributed by atoms with Gasteiger partial charge in [0.15, 0.2) is 0 Å². The molecule has 0 fully saturated rings. The van der Waals surface area contributed by atoms with Gasteiger partial charge in [0.05, 0.1) is 17.6 Å². The number of rotatable bonds is 3. The Hall–Kier alpha value is -2.02. The first kappa shape index (κ1) is 13.0. The lowest BCUT2D eigenvalue weighted by Gasteiger charge is -2.19. The van der Waals surface area contributed by atoms with Gasteiger partial charge in [-0.1, -0.05) is 6.07 Å². The Balaban J connectivity index is 1.90. The van der Waals surface area contributed by atoms with Gasteiger partial charge in [0.25, 0.3) is 10.0 Å². The molecule has 3 N–H and O–H groups in total. The minimum Gasteiger partial charge on any atom is -0.385 e. The summed E-state index contributed by atoms with van der Waals surface area (Å²) < 4.78 is 27.1. The number of aromatic nitrogens is 2. The van der Waals surface area contributed by atoms with Gasteiger partial charge in [-0.05, 0) is 37.5 Å².